The van der Waals surface area contributed by atoms with Crippen LogP contribution in [0.2, 0.25) is 5.02 Å². The van der Waals surface area contributed by atoms with Crippen LogP contribution in [-0.2, 0) is 4.79 Å². The van der Waals surface area contributed by atoms with Crippen LogP contribution in [-0.4, -0.2) is 5.91 Å². The molecule has 3 unspecified atom stereocenters. The molecule has 0 saturated heterocycles. The lowest BCUT2D eigenvalue weighted by Gasteiger charge is -2.21. The van der Waals surface area contributed by atoms with Crippen LogP contribution >= 0.6 is 11.6 Å². The van der Waals surface area contributed by atoms with Crippen LogP contribution < -0.4 is 5.32 Å². The molecule has 3 atom stereocenters. The number of halogens is 2. The topological polar surface area (TPSA) is 29.1 Å². The van der Waals surface area contributed by atoms with Gasteiger partial charge in [-0.2, -0.15) is 0 Å². The van der Waals surface area contributed by atoms with Crippen LogP contribution in [0.25, 0.3) is 0 Å². The highest BCUT2D eigenvalue weighted by Crippen LogP contribution is 2.49. The summed E-state index contributed by atoms with van der Waals surface area (Å²) in [7, 11) is 0. The number of rotatable bonds is 3. The molecule has 0 spiro atoms. The van der Waals surface area contributed by atoms with Crippen molar-refractivity contribution in [1.29, 1.82) is 0 Å². The van der Waals surface area contributed by atoms with Crippen LogP contribution in [0.4, 0.5) is 10.1 Å². The quantitative estimate of drug-likeness (QED) is 0.882. The van der Waals surface area contributed by atoms with Crippen molar-refractivity contribution in [3.63, 3.8) is 0 Å². The van der Waals surface area contributed by atoms with Gasteiger partial charge in [-0.3, -0.25) is 4.79 Å². The molecule has 19 heavy (non-hydrogen) atoms. The zero-order chi connectivity index (χ0) is 13.4. The summed E-state index contributed by atoms with van der Waals surface area (Å²) in [5, 5.41) is 3.07. The van der Waals surface area contributed by atoms with Gasteiger partial charge in [0.2, 0.25) is 5.91 Å². The minimum atomic E-state index is -0.439. The Morgan fingerprint density at radius 3 is 2.89 bits per heavy atom. The van der Waals surface area contributed by atoms with E-state index in [4.69, 9.17) is 11.6 Å². The van der Waals surface area contributed by atoms with Gasteiger partial charge in [-0.05, 0) is 55.2 Å². The Balaban J connectivity index is 1.61. The van der Waals surface area contributed by atoms with Crippen molar-refractivity contribution in [2.45, 2.75) is 32.1 Å². The number of anilines is 1. The third-order valence-electron chi connectivity index (χ3n) is 4.53. The lowest BCUT2D eigenvalue weighted by molar-refractivity contribution is -0.117. The molecule has 0 aromatic heterocycles. The van der Waals surface area contributed by atoms with Gasteiger partial charge in [-0.25, -0.2) is 4.39 Å². The van der Waals surface area contributed by atoms with E-state index in [1.807, 2.05) is 0 Å². The van der Waals surface area contributed by atoms with Crippen molar-refractivity contribution >= 4 is 23.2 Å². The highest BCUT2D eigenvalue weighted by Gasteiger charge is 2.40. The molecule has 4 heteroatoms. The van der Waals surface area contributed by atoms with Gasteiger partial charge in [0.25, 0.3) is 0 Å². The molecule has 0 radical (unpaired) electrons. The van der Waals surface area contributed by atoms with Crippen molar-refractivity contribution in [2.75, 3.05) is 5.32 Å². The van der Waals surface area contributed by atoms with Gasteiger partial charge in [0.1, 0.15) is 5.82 Å². The number of carbonyl (C=O) groups is 1. The Bertz CT molecular complexity index is 505. The van der Waals surface area contributed by atoms with E-state index < -0.39 is 5.82 Å². The Hall–Kier alpha value is -1.09. The van der Waals surface area contributed by atoms with Crippen LogP contribution in [0.5, 0.6) is 0 Å². The maximum absolute atomic E-state index is 13.5. The molecular weight excluding hydrogens is 265 g/mol. The van der Waals surface area contributed by atoms with E-state index in [1.54, 1.807) is 0 Å². The summed E-state index contributed by atoms with van der Waals surface area (Å²) in [4.78, 5) is 12.0. The summed E-state index contributed by atoms with van der Waals surface area (Å²) >= 11 is 5.80. The molecule has 0 heterocycles. The Labute approximate surface area is 117 Å². The number of nitrogens with one attached hydrogen (secondary N) is 1. The molecule has 2 saturated carbocycles. The van der Waals surface area contributed by atoms with Crippen LogP contribution in [0.15, 0.2) is 18.2 Å². The summed E-state index contributed by atoms with van der Waals surface area (Å²) < 4.78 is 13.5. The zero-order valence-corrected chi connectivity index (χ0v) is 11.4. The smallest absolute Gasteiger partial charge is 0.224 e. The fourth-order valence-corrected chi connectivity index (χ4v) is 3.83. The third-order valence-corrected chi connectivity index (χ3v) is 4.77. The number of hydrogen-bond acceptors (Lipinski definition) is 1. The first-order chi connectivity index (χ1) is 9.11. The number of hydrogen-bond donors (Lipinski definition) is 1. The molecule has 2 nitrogen and oxygen atoms in total. The lowest BCUT2D eigenvalue weighted by Crippen LogP contribution is -2.20. The Morgan fingerprint density at radius 2 is 2.21 bits per heavy atom. The summed E-state index contributed by atoms with van der Waals surface area (Å²) in [6, 6.07) is 4.20. The van der Waals surface area contributed by atoms with Gasteiger partial charge in [-0.1, -0.05) is 18.0 Å². The molecule has 1 N–H and O–H groups in total. The van der Waals surface area contributed by atoms with Gasteiger partial charge in [-0.15, -0.1) is 0 Å². The van der Waals surface area contributed by atoms with E-state index in [1.165, 1.54) is 37.5 Å². The van der Waals surface area contributed by atoms with Crippen molar-refractivity contribution in [3.8, 4) is 0 Å². The maximum Gasteiger partial charge on any atom is 0.224 e. The number of amides is 1. The molecule has 3 rings (SSSR count). The molecule has 102 valence electrons. The average molecular weight is 282 g/mol. The summed E-state index contributed by atoms with van der Waals surface area (Å²) in [5.41, 5.74) is 0.181. The van der Waals surface area contributed by atoms with E-state index in [9.17, 15) is 9.18 Å². The van der Waals surface area contributed by atoms with Crippen LogP contribution in [0, 0.1) is 23.6 Å². The molecule has 2 fully saturated rings. The number of benzene rings is 1. The molecule has 1 amide bonds. The first-order valence-corrected chi connectivity index (χ1v) is 7.24. The second kappa shape index (κ2) is 5.12. The predicted molar refractivity (Wildman–Crippen MR) is 73.6 cm³/mol. The lowest BCUT2D eigenvalue weighted by atomic mass is 9.86. The van der Waals surface area contributed by atoms with Crippen LogP contribution in [0.3, 0.4) is 0 Å². The van der Waals surface area contributed by atoms with E-state index in [0.29, 0.717) is 23.3 Å². The van der Waals surface area contributed by atoms with Gasteiger partial charge in [0.05, 0.1) is 5.69 Å². The van der Waals surface area contributed by atoms with Crippen molar-refractivity contribution in [1.82, 2.24) is 0 Å². The Morgan fingerprint density at radius 1 is 1.37 bits per heavy atom. The number of fused-ring (bicyclic) bond motifs is 2. The summed E-state index contributed by atoms with van der Waals surface area (Å²) in [5.74, 6) is 1.48. The summed E-state index contributed by atoms with van der Waals surface area (Å²) in [6.45, 7) is 0. The molecular formula is C15H17ClFNO. The standard InChI is InChI=1S/C15H17ClFNO/c16-12-3-4-13(17)14(8-12)18-15(19)7-11-6-9-1-2-10(11)5-9/h3-4,8-11H,1-2,5-7H2,(H,18,19). The maximum atomic E-state index is 13.5. The zero-order valence-electron chi connectivity index (χ0n) is 10.7. The number of carbonyl (C=O) groups excluding carboxylic acids is 1. The molecule has 2 aliphatic rings. The Kier molecular flexibility index (Phi) is 3.48. The second-order valence-corrected chi connectivity index (χ2v) is 6.25. The third kappa shape index (κ3) is 2.76. The predicted octanol–water partition coefficient (Wildman–Crippen LogP) is 4.24. The van der Waals surface area contributed by atoms with Crippen molar-refractivity contribution < 1.29 is 9.18 Å². The first kappa shape index (κ1) is 12.9. The molecule has 2 bridgehead atoms. The van der Waals surface area contributed by atoms with Gasteiger partial charge < -0.3 is 5.32 Å². The largest absolute Gasteiger partial charge is 0.324 e. The van der Waals surface area contributed by atoms with Crippen molar-refractivity contribution in [3.05, 3.63) is 29.0 Å². The monoisotopic (exact) mass is 281 g/mol. The average Bonchev–Trinajstić information content (AvgIpc) is 2.96. The van der Waals surface area contributed by atoms with Crippen LogP contribution in [0.1, 0.15) is 32.1 Å². The van der Waals surface area contributed by atoms with Crippen molar-refractivity contribution in [2.24, 2.45) is 17.8 Å². The molecule has 2 aliphatic carbocycles. The second-order valence-electron chi connectivity index (χ2n) is 5.81. The van der Waals surface area contributed by atoms with Gasteiger partial charge in [0.15, 0.2) is 0 Å². The molecule has 1 aromatic rings. The fraction of sp³-hybridized carbons (Fsp3) is 0.533. The van der Waals surface area contributed by atoms with Gasteiger partial charge >= 0.3 is 0 Å². The van der Waals surface area contributed by atoms with E-state index in [2.05, 4.69) is 5.32 Å². The highest BCUT2D eigenvalue weighted by molar-refractivity contribution is 6.30. The molecule has 0 aliphatic heterocycles. The fourth-order valence-electron chi connectivity index (χ4n) is 3.66. The summed E-state index contributed by atoms with van der Waals surface area (Å²) in [6.07, 6.45) is 5.53. The highest BCUT2D eigenvalue weighted by atomic mass is 35.5. The minimum Gasteiger partial charge on any atom is -0.324 e. The SMILES string of the molecule is O=C(CC1CC2CCC1C2)Nc1cc(Cl)ccc1F. The minimum absolute atomic E-state index is 0.0984. The normalized spacial score (nSPS) is 28.6. The van der Waals surface area contributed by atoms with E-state index in [0.717, 1.165) is 12.3 Å². The van der Waals surface area contributed by atoms with E-state index >= 15 is 0 Å². The first-order valence-electron chi connectivity index (χ1n) is 6.86. The van der Waals surface area contributed by atoms with E-state index in [-0.39, 0.29) is 11.6 Å². The molecule has 1 aromatic carbocycles. The van der Waals surface area contributed by atoms with Gasteiger partial charge in [0, 0.05) is 11.4 Å².